The third-order valence-electron chi connectivity index (χ3n) is 7.04. The molecule has 4 aromatic heterocycles. The predicted octanol–water partition coefficient (Wildman–Crippen LogP) is 3.49. The highest BCUT2D eigenvalue weighted by molar-refractivity contribution is 7.16. The van der Waals surface area contributed by atoms with E-state index in [1.807, 2.05) is 16.5 Å². The molecule has 4 aromatic rings. The third kappa shape index (κ3) is 5.04. The van der Waals surface area contributed by atoms with Crippen molar-refractivity contribution < 1.29 is 9.59 Å². The average molecular weight is 517 g/mol. The maximum absolute atomic E-state index is 13.6. The number of fused-ring (bicyclic) bond motifs is 1. The Kier molecular flexibility index (Phi) is 6.29. The van der Waals surface area contributed by atoms with Gasteiger partial charge in [0.1, 0.15) is 22.0 Å². The standard InChI is InChI=1S/C26H28N8O2S/c1-16(17-5-6-17)29-22-14-21(31-23(32-22)19-15-28-34-12-13-37-26(19)34)25(36)33-10-7-18(8-11-33)30-24(35)20-4-2-3-9-27-20/h2-4,9,12-18H,5-8,10-11H2,1H3,(H,30,35)(H,29,31,32)/t16-/m0/s1. The summed E-state index contributed by atoms with van der Waals surface area (Å²) >= 11 is 1.56. The van der Waals surface area contributed by atoms with Crippen molar-refractivity contribution in [2.24, 2.45) is 5.92 Å². The minimum atomic E-state index is -0.188. The normalized spacial score (nSPS) is 17.1. The molecular formula is C26H28N8O2S. The van der Waals surface area contributed by atoms with Gasteiger partial charge in [0.15, 0.2) is 5.82 Å². The van der Waals surface area contributed by atoms with E-state index in [9.17, 15) is 9.59 Å². The van der Waals surface area contributed by atoms with Crippen molar-refractivity contribution in [3.8, 4) is 11.4 Å². The van der Waals surface area contributed by atoms with E-state index < -0.39 is 0 Å². The molecule has 0 radical (unpaired) electrons. The van der Waals surface area contributed by atoms with Crippen LogP contribution >= 0.6 is 11.3 Å². The first-order valence-corrected chi connectivity index (χ1v) is 13.5. The number of carbonyl (C=O) groups is 2. The lowest BCUT2D eigenvalue weighted by Gasteiger charge is -2.32. The van der Waals surface area contributed by atoms with Crippen LogP contribution in [0.3, 0.4) is 0 Å². The molecule has 2 N–H and O–H groups in total. The van der Waals surface area contributed by atoms with Gasteiger partial charge in [-0.15, -0.1) is 11.3 Å². The van der Waals surface area contributed by atoms with Crippen LogP contribution in [-0.4, -0.2) is 66.5 Å². The molecule has 5 heterocycles. The summed E-state index contributed by atoms with van der Waals surface area (Å²) in [6.45, 7) is 3.23. The molecule has 0 aromatic carbocycles. The van der Waals surface area contributed by atoms with Gasteiger partial charge in [-0.05, 0) is 50.7 Å². The summed E-state index contributed by atoms with van der Waals surface area (Å²) in [5.41, 5.74) is 1.57. The first-order valence-electron chi connectivity index (χ1n) is 12.6. The molecule has 0 spiro atoms. The molecule has 1 atom stereocenters. The number of anilines is 1. The summed E-state index contributed by atoms with van der Waals surface area (Å²) in [5, 5.41) is 12.9. The lowest BCUT2D eigenvalue weighted by molar-refractivity contribution is 0.0692. The van der Waals surface area contributed by atoms with Gasteiger partial charge in [-0.3, -0.25) is 14.6 Å². The van der Waals surface area contributed by atoms with Crippen LogP contribution in [0.25, 0.3) is 16.2 Å². The molecule has 10 nitrogen and oxygen atoms in total. The van der Waals surface area contributed by atoms with Gasteiger partial charge < -0.3 is 15.5 Å². The summed E-state index contributed by atoms with van der Waals surface area (Å²) < 4.78 is 1.79. The fraction of sp³-hybridized carbons (Fsp3) is 0.385. The van der Waals surface area contributed by atoms with Gasteiger partial charge in [0.2, 0.25) is 0 Å². The molecule has 1 aliphatic carbocycles. The van der Waals surface area contributed by atoms with Crippen LogP contribution in [-0.2, 0) is 0 Å². The zero-order valence-electron chi connectivity index (χ0n) is 20.5. The number of aromatic nitrogens is 5. The highest BCUT2D eigenvalue weighted by atomic mass is 32.1. The van der Waals surface area contributed by atoms with Crippen molar-refractivity contribution in [2.45, 2.75) is 44.7 Å². The maximum atomic E-state index is 13.6. The molecule has 0 unspecified atom stereocenters. The summed E-state index contributed by atoms with van der Waals surface area (Å²) in [5.74, 6) is 1.47. The molecule has 1 saturated heterocycles. The first-order chi connectivity index (χ1) is 18.0. The maximum Gasteiger partial charge on any atom is 0.272 e. The minimum Gasteiger partial charge on any atom is -0.367 e. The Bertz CT molecular complexity index is 1420. The van der Waals surface area contributed by atoms with E-state index in [1.54, 1.807) is 52.5 Å². The van der Waals surface area contributed by atoms with Gasteiger partial charge in [-0.2, -0.15) is 5.10 Å². The van der Waals surface area contributed by atoms with Gasteiger partial charge >= 0.3 is 0 Å². The molecule has 11 heteroatoms. The summed E-state index contributed by atoms with van der Waals surface area (Å²) in [6.07, 6.45) is 9.01. The number of amides is 2. The molecule has 190 valence electrons. The molecule has 2 amide bonds. The number of pyridine rings is 1. The number of thiazole rings is 1. The lowest BCUT2D eigenvalue weighted by atomic mass is 10.0. The van der Waals surface area contributed by atoms with Gasteiger partial charge in [0.25, 0.3) is 11.8 Å². The van der Waals surface area contributed by atoms with E-state index in [2.05, 4.69) is 32.6 Å². The number of rotatable bonds is 7. The Morgan fingerprint density at radius 2 is 1.95 bits per heavy atom. The van der Waals surface area contributed by atoms with Crippen LogP contribution in [0.1, 0.15) is 53.6 Å². The van der Waals surface area contributed by atoms with Crippen LogP contribution in [0, 0.1) is 5.92 Å². The fourth-order valence-corrected chi connectivity index (χ4v) is 5.52. The first kappa shape index (κ1) is 23.5. The second-order valence-corrected chi connectivity index (χ2v) is 10.6. The summed E-state index contributed by atoms with van der Waals surface area (Å²) in [7, 11) is 0. The van der Waals surface area contributed by atoms with Crippen molar-refractivity contribution in [1.82, 2.24) is 34.8 Å². The second kappa shape index (κ2) is 9.89. The van der Waals surface area contributed by atoms with Crippen LogP contribution in [0.4, 0.5) is 5.82 Å². The number of carbonyl (C=O) groups excluding carboxylic acids is 2. The van der Waals surface area contributed by atoms with Gasteiger partial charge in [0.05, 0.1) is 11.8 Å². The van der Waals surface area contributed by atoms with E-state index in [0.717, 1.165) is 10.4 Å². The Labute approximate surface area is 218 Å². The number of hydrogen-bond acceptors (Lipinski definition) is 8. The molecule has 1 saturated carbocycles. The van der Waals surface area contributed by atoms with Gasteiger partial charge in [-0.1, -0.05) is 6.07 Å². The Balaban J connectivity index is 1.19. The zero-order chi connectivity index (χ0) is 25.4. The van der Waals surface area contributed by atoms with Crippen LogP contribution in [0.15, 0.2) is 48.2 Å². The van der Waals surface area contributed by atoms with Gasteiger partial charge in [-0.25, -0.2) is 14.5 Å². The molecule has 2 aliphatic rings. The van der Waals surface area contributed by atoms with E-state index >= 15 is 0 Å². The number of nitrogens with one attached hydrogen (secondary N) is 2. The van der Waals surface area contributed by atoms with Crippen molar-refractivity contribution in [3.63, 3.8) is 0 Å². The van der Waals surface area contributed by atoms with Gasteiger partial charge in [0, 0.05) is 49.0 Å². The number of nitrogens with zero attached hydrogens (tertiary/aromatic N) is 6. The van der Waals surface area contributed by atoms with E-state index in [4.69, 9.17) is 4.98 Å². The van der Waals surface area contributed by atoms with Crippen LogP contribution < -0.4 is 10.6 Å². The van der Waals surface area contributed by atoms with Crippen LogP contribution in [0.5, 0.6) is 0 Å². The van der Waals surface area contributed by atoms with E-state index in [-0.39, 0.29) is 23.9 Å². The predicted molar refractivity (Wildman–Crippen MR) is 141 cm³/mol. The van der Waals surface area contributed by atoms with Crippen molar-refractivity contribution >= 4 is 33.8 Å². The molecule has 0 bridgehead atoms. The third-order valence-corrected chi connectivity index (χ3v) is 7.93. The van der Waals surface area contributed by atoms with E-state index in [1.165, 1.54) is 12.8 Å². The fourth-order valence-electron chi connectivity index (χ4n) is 4.72. The molecule has 37 heavy (non-hydrogen) atoms. The Morgan fingerprint density at radius 1 is 1.11 bits per heavy atom. The van der Waals surface area contributed by atoms with Crippen molar-refractivity contribution in [2.75, 3.05) is 18.4 Å². The van der Waals surface area contributed by atoms with E-state index in [0.29, 0.717) is 54.9 Å². The Morgan fingerprint density at radius 3 is 2.70 bits per heavy atom. The summed E-state index contributed by atoms with van der Waals surface area (Å²) in [4.78, 5) is 42.3. The highest BCUT2D eigenvalue weighted by Gasteiger charge is 2.30. The quantitative estimate of drug-likeness (QED) is 0.386. The molecule has 1 aliphatic heterocycles. The number of piperidine rings is 1. The second-order valence-electron chi connectivity index (χ2n) is 9.70. The number of hydrogen-bond donors (Lipinski definition) is 2. The topological polar surface area (TPSA) is 117 Å². The summed E-state index contributed by atoms with van der Waals surface area (Å²) in [6, 6.07) is 7.30. The minimum absolute atomic E-state index is 0.00401. The molecule has 2 fully saturated rings. The largest absolute Gasteiger partial charge is 0.367 e. The van der Waals surface area contributed by atoms with Crippen molar-refractivity contribution in [3.05, 3.63) is 59.6 Å². The average Bonchev–Trinajstić information content (AvgIpc) is 3.55. The Hall–Kier alpha value is -3.86. The highest BCUT2D eigenvalue weighted by Crippen LogP contribution is 2.34. The zero-order valence-corrected chi connectivity index (χ0v) is 21.3. The molecule has 6 rings (SSSR count). The number of likely N-dealkylation sites (tertiary alicyclic amines) is 1. The van der Waals surface area contributed by atoms with Crippen LogP contribution in [0.2, 0.25) is 0 Å². The van der Waals surface area contributed by atoms with Crippen molar-refractivity contribution in [1.29, 1.82) is 0 Å². The molecular weight excluding hydrogens is 488 g/mol. The SMILES string of the molecule is C[C@H](Nc1cc(C(=O)N2CCC(NC(=O)c3ccccn3)CC2)nc(-c2cnn3ccsc23)n1)C1CC1. The smallest absolute Gasteiger partial charge is 0.272 e. The monoisotopic (exact) mass is 516 g/mol. The lowest BCUT2D eigenvalue weighted by Crippen LogP contribution is -2.46.